The lowest BCUT2D eigenvalue weighted by Crippen LogP contribution is -2.45. The standard InChI is InChI=1S/C21H18F3N5O3/c22-21(23,24)17(14-5-1-3-7-25-14)27-19(30)16-15-6-2-4-8-28(15)18(26-16)20(31)29-10-13-9-12(29)11-32-13/h1-8,12-13,17H,9-11H2,(H,27,30)/p+2/t12-,13-,17?/m0/s1. The molecule has 2 bridgehead atoms. The summed E-state index contributed by atoms with van der Waals surface area (Å²) in [6, 6.07) is 6.84. The molecular weight excluding hydrogens is 427 g/mol. The first-order valence-corrected chi connectivity index (χ1v) is 10.1. The molecule has 2 aliphatic rings. The number of imidazole rings is 1. The first-order valence-electron chi connectivity index (χ1n) is 10.1. The lowest BCUT2D eigenvalue weighted by atomic mass is 10.1. The number of morpholine rings is 1. The highest BCUT2D eigenvalue weighted by Crippen LogP contribution is 2.31. The molecule has 0 aromatic carbocycles. The summed E-state index contributed by atoms with van der Waals surface area (Å²) in [5.74, 6) is -1.20. The van der Waals surface area contributed by atoms with E-state index >= 15 is 0 Å². The lowest BCUT2D eigenvalue weighted by Gasteiger charge is -2.24. The molecule has 32 heavy (non-hydrogen) atoms. The number of likely N-dealkylation sites (tertiary alicyclic amines) is 1. The van der Waals surface area contributed by atoms with Crippen LogP contribution in [0.5, 0.6) is 0 Å². The van der Waals surface area contributed by atoms with Crippen molar-refractivity contribution in [3.63, 3.8) is 0 Å². The Bertz CT molecular complexity index is 1180. The Morgan fingerprint density at radius 2 is 2.06 bits per heavy atom. The fraction of sp³-hybridized carbons (Fsp3) is 0.333. The number of hydrogen-bond acceptors (Lipinski definition) is 3. The summed E-state index contributed by atoms with van der Waals surface area (Å²) < 4.78 is 48.1. The van der Waals surface area contributed by atoms with E-state index in [9.17, 15) is 22.8 Å². The number of amides is 2. The number of fused-ring (bicyclic) bond motifs is 3. The van der Waals surface area contributed by atoms with Crippen LogP contribution in [0.2, 0.25) is 0 Å². The molecule has 2 fully saturated rings. The van der Waals surface area contributed by atoms with E-state index in [2.05, 4.69) is 9.97 Å². The molecule has 2 aliphatic heterocycles. The third-order valence-electron chi connectivity index (χ3n) is 5.84. The molecule has 5 heterocycles. The summed E-state index contributed by atoms with van der Waals surface area (Å²) in [5, 5.41) is 2.05. The number of nitrogens with one attached hydrogen (secondary N) is 3. The van der Waals surface area contributed by atoms with Crippen LogP contribution in [0.25, 0.3) is 5.52 Å². The number of halogens is 3. The molecule has 0 spiro atoms. The lowest BCUT2D eigenvalue weighted by molar-refractivity contribution is -0.514. The van der Waals surface area contributed by atoms with Gasteiger partial charge < -0.3 is 15.0 Å². The molecule has 3 N–H and O–H groups in total. The number of carbonyl (C=O) groups is 2. The highest BCUT2D eigenvalue weighted by atomic mass is 19.4. The molecule has 3 aromatic heterocycles. The summed E-state index contributed by atoms with van der Waals surface area (Å²) in [7, 11) is 0. The monoisotopic (exact) mass is 447 g/mol. The van der Waals surface area contributed by atoms with Gasteiger partial charge in [-0.2, -0.15) is 17.6 Å². The predicted molar refractivity (Wildman–Crippen MR) is 102 cm³/mol. The average molecular weight is 447 g/mol. The van der Waals surface area contributed by atoms with Gasteiger partial charge >= 0.3 is 17.9 Å². The number of carbonyl (C=O) groups excluding carboxylic acids is 2. The van der Waals surface area contributed by atoms with Gasteiger partial charge in [0.1, 0.15) is 0 Å². The third kappa shape index (κ3) is 3.48. The van der Waals surface area contributed by atoms with Crippen LogP contribution in [0.1, 0.15) is 39.3 Å². The van der Waals surface area contributed by atoms with E-state index in [1.165, 1.54) is 22.7 Å². The number of H-pyrrole nitrogens is 2. The van der Waals surface area contributed by atoms with E-state index < -0.39 is 18.1 Å². The summed E-state index contributed by atoms with van der Waals surface area (Å²) in [4.78, 5) is 33.1. The summed E-state index contributed by atoms with van der Waals surface area (Å²) >= 11 is 0. The molecule has 0 radical (unpaired) electrons. The molecule has 5 rings (SSSR count). The van der Waals surface area contributed by atoms with E-state index in [-0.39, 0.29) is 35.3 Å². The first-order chi connectivity index (χ1) is 15.3. The van der Waals surface area contributed by atoms with Gasteiger partial charge in [-0.3, -0.25) is 9.59 Å². The van der Waals surface area contributed by atoms with Crippen LogP contribution in [0.4, 0.5) is 13.2 Å². The molecule has 0 saturated carbocycles. The first kappa shape index (κ1) is 20.4. The molecule has 11 heteroatoms. The maximum absolute atomic E-state index is 13.7. The van der Waals surface area contributed by atoms with E-state index in [4.69, 9.17) is 4.74 Å². The molecule has 2 amide bonds. The van der Waals surface area contributed by atoms with Gasteiger partial charge in [0.25, 0.3) is 5.91 Å². The quantitative estimate of drug-likeness (QED) is 0.589. The predicted octanol–water partition coefficient (Wildman–Crippen LogP) is 1.21. The van der Waals surface area contributed by atoms with Crippen molar-refractivity contribution in [2.45, 2.75) is 30.8 Å². The van der Waals surface area contributed by atoms with Crippen molar-refractivity contribution < 1.29 is 36.9 Å². The second-order valence-corrected chi connectivity index (χ2v) is 7.87. The number of aromatic amines is 2. The second-order valence-electron chi connectivity index (χ2n) is 7.87. The van der Waals surface area contributed by atoms with Crippen molar-refractivity contribution in [3.8, 4) is 0 Å². The van der Waals surface area contributed by atoms with Gasteiger partial charge in [-0.25, -0.2) is 9.97 Å². The van der Waals surface area contributed by atoms with Crippen LogP contribution in [-0.2, 0) is 4.74 Å². The number of alkyl halides is 3. The molecule has 3 atom stereocenters. The molecular formula is C21H20F3N5O3+2. The van der Waals surface area contributed by atoms with Gasteiger partial charge in [0.15, 0.2) is 11.7 Å². The number of ether oxygens (including phenoxy) is 1. The normalized spacial score (nSPS) is 21.2. The van der Waals surface area contributed by atoms with E-state index in [0.717, 1.165) is 6.42 Å². The Morgan fingerprint density at radius 3 is 2.72 bits per heavy atom. The zero-order valence-corrected chi connectivity index (χ0v) is 16.7. The minimum Gasteiger partial charge on any atom is -0.374 e. The van der Waals surface area contributed by atoms with Crippen LogP contribution in [0.15, 0.2) is 48.8 Å². The number of rotatable bonds is 4. The maximum atomic E-state index is 13.7. The Balaban J connectivity index is 1.49. The van der Waals surface area contributed by atoms with Gasteiger partial charge in [0.2, 0.25) is 17.4 Å². The highest BCUT2D eigenvalue weighted by Gasteiger charge is 2.47. The largest absolute Gasteiger partial charge is 0.418 e. The molecule has 3 aromatic rings. The Morgan fingerprint density at radius 1 is 1.25 bits per heavy atom. The Hall–Kier alpha value is -3.47. The number of pyridine rings is 2. The highest BCUT2D eigenvalue weighted by molar-refractivity contribution is 6.00. The van der Waals surface area contributed by atoms with Crippen LogP contribution >= 0.6 is 0 Å². The van der Waals surface area contributed by atoms with Crippen LogP contribution in [-0.4, -0.2) is 53.2 Å². The molecule has 0 aliphatic carbocycles. The zero-order chi connectivity index (χ0) is 22.5. The van der Waals surface area contributed by atoms with Crippen molar-refractivity contribution in [2.24, 2.45) is 0 Å². The van der Waals surface area contributed by atoms with Gasteiger partial charge in [-0.05, 0) is 18.6 Å². The zero-order valence-electron chi connectivity index (χ0n) is 16.7. The fourth-order valence-electron chi connectivity index (χ4n) is 4.32. The minimum atomic E-state index is -4.73. The third-order valence-corrected chi connectivity index (χ3v) is 5.84. The fourth-order valence-corrected chi connectivity index (χ4v) is 4.32. The minimum absolute atomic E-state index is 0.00684. The van der Waals surface area contributed by atoms with Gasteiger partial charge in [0.05, 0.1) is 24.9 Å². The summed E-state index contributed by atoms with van der Waals surface area (Å²) in [5.41, 5.74) is -0.0343. The molecule has 166 valence electrons. The number of hydrogen-bond donors (Lipinski definition) is 2. The van der Waals surface area contributed by atoms with Crippen molar-refractivity contribution in [2.75, 3.05) is 13.2 Å². The Labute approximate surface area is 180 Å². The van der Waals surface area contributed by atoms with Crippen LogP contribution < -0.4 is 14.7 Å². The average Bonchev–Trinajstić information content (AvgIpc) is 3.51. The SMILES string of the molecule is O=C(NC(c1cccc[nH+]1)C(F)(F)F)c1[nH]c(C(=O)N2C[C@@H]3C[C@H]2CO3)[n+]2ccccc12. The maximum Gasteiger partial charge on any atom is 0.418 e. The summed E-state index contributed by atoms with van der Waals surface area (Å²) in [6.45, 7) is 0.896. The Kier molecular flexibility index (Phi) is 4.85. The van der Waals surface area contributed by atoms with E-state index in [1.807, 2.05) is 5.32 Å². The molecule has 1 unspecified atom stereocenters. The van der Waals surface area contributed by atoms with Gasteiger partial charge in [0, 0.05) is 18.7 Å². The second kappa shape index (κ2) is 7.59. The van der Waals surface area contributed by atoms with Crippen molar-refractivity contribution in [1.29, 1.82) is 0 Å². The van der Waals surface area contributed by atoms with Crippen molar-refractivity contribution in [3.05, 3.63) is 66.0 Å². The number of nitrogens with zero attached hydrogens (tertiary/aromatic N) is 2. The van der Waals surface area contributed by atoms with Crippen LogP contribution in [0.3, 0.4) is 0 Å². The number of aromatic nitrogens is 3. The van der Waals surface area contributed by atoms with Crippen molar-refractivity contribution >= 4 is 17.3 Å². The van der Waals surface area contributed by atoms with Crippen molar-refractivity contribution in [1.82, 2.24) is 15.2 Å². The van der Waals surface area contributed by atoms with E-state index in [1.54, 1.807) is 35.4 Å². The van der Waals surface area contributed by atoms with Crippen LogP contribution in [0, 0.1) is 0 Å². The van der Waals surface area contributed by atoms with Gasteiger partial charge in [-0.1, -0.05) is 12.1 Å². The smallest absolute Gasteiger partial charge is 0.374 e. The molecule has 2 saturated heterocycles. The van der Waals surface area contributed by atoms with E-state index in [0.29, 0.717) is 18.7 Å². The van der Waals surface area contributed by atoms with Gasteiger partial charge in [-0.15, -0.1) is 0 Å². The summed E-state index contributed by atoms with van der Waals surface area (Å²) in [6.07, 6.45) is -1.04. The topological polar surface area (TPSA) is 92.7 Å². The molecule has 8 nitrogen and oxygen atoms in total.